The van der Waals surface area contributed by atoms with Gasteiger partial charge in [-0.05, 0) is 12.0 Å². The van der Waals surface area contributed by atoms with Crippen molar-refractivity contribution in [1.82, 2.24) is 4.72 Å². The van der Waals surface area contributed by atoms with Crippen LogP contribution in [0.3, 0.4) is 0 Å². The largest absolute Gasteiger partial charge is 0.480 e. The Morgan fingerprint density at radius 2 is 1.90 bits per heavy atom. The second-order valence-corrected chi connectivity index (χ2v) is 9.09. The van der Waals surface area contributed by atoms with Crippen molar-refractivity contribution in [3.05, 3.63) is 35.9 Å². The average molecular weight is 333 g/mol. The molecule has 9 heteroatoms. The van der Waals surface area contributed by atoms with Gasteiger partial charge in [0.1, 0.15) is 6.04 Å². The molecule has 0 saturated carbocycles. The molecule has 1 heterocycles. The Bertz CT molecular complexity index is 726. The van der Waals surface area contributed by atoms with Gasteiger partial charge >= 0.3 is 5.97 Å². The molecule has 1 fully saturated rings. The Labute approximate surface area is 123 Å². The van der Waals surface area contributed by atoms with Crippen LogP contribution in [0.5, 0.6) is 0 Å². The van der Waals surface area contributed by atoms with Gasteiger partial charge in [0.05, 0.1) is 16.8 Å². The van der Waals surface area contributed by atoms with Gasteiger partial charge in [-0.3, -0.25) is 4.79 Å². The minimum atomic E-state index is -4.03. The standard InChI is InChI=1S/C12H15NO6S2/c14-12(15)11(9-4-2-1-3-5-9)13-21(18,19)10-6-7-20(16,17)8-10/h1-5,10-11,13H,6-8H2,(H,14,15). The first-order valence-electron chi connectivity index (χ1n) is 6.20. The van der Waals surface area contributed by atoms with Gasteiger partial charge in [0, 0.05) is 0 Å². The van der Waals surface area contributed by atoms with E-state index < -0.39 is 42.9 Å². The number of sulfone groups is 1. The van der Waals surface area contributed by atoms with Crippen molar-refractivity contribution in [2.24, 2.45) is 0 Å². The lowest BCUT2D eigenvalue weighted by molar-refractivity contribution is -0.139. The molecule has 1 aromatic carbocycles. The Hall–Kier alpha value is -1.45. The maximum atomic E-state index is 12.2. The molecule has 7 nitrogen and oxygen atoms in total. The van der Waals surface area contributed by atoms with E-state index in [9.17, 15) is 26.7 Å². The van der Waals surface area contributed by atoms with Gasteiger partial charge in [0.2, 0.25) is 10.0 Å². The van der Waals surface area contributed by atoms with Crippen LogP contribution in [-0.2, 0) is 24.7 Å². The first-order chi connectivity index (χ1) is 9.71. The molecule has 0 aliphatic carbocycles. The smallest absolute Gasteiger partial charge is 0.326 e. The Kier molecular flexibility index (Phi) is 4.35. The lowest BCUT2D eigenvalue weighted by Crippen LogP contribution is -2.40. The van der Waals surface area contributed by atoms with Crippen molar-refractivity contribution in [3.8, 4) is 0 Å². The predicted molar refractivity (Wildman–Crippen MR) is 75.9 cm³/mol. The average Bonchev–Trinajstić information content (AvgIpc) is 2.78. The summed E-state index contributed by atoms with van der Waals surface area (Å²) in [5.74, 6) is -2.00. The van der Waals surface area contributed by atoms with Crippen LogP contribution in [0.4, 0.5) is 0 Å². The van der Waals surface area contributed by atoms with E-state index in [4.69, 9.17) is 0 Å². The zero-order valence-electron chi connectivity index (χ0n) is 11.0. The van der Waals surface area contributed by atoms with Crippen LogP contribution in [0.1, 0.15) is 18.0 Å². The van der Waals surface area contributed by atoms with E-state index in [1.54, 1.807) is 18.2 Å². The molecule has 2 N–H and O–H groups in total. The first-order valence-corrected chi connectivity index (χ1v) is 9.57. The molecule has 0 radical (unpaired) electrons. The van der Waals surface area contributed by atoms with Gasteiger partial charge in [-0.15, -0.1) is 0 Å². The van der Waals surface area contributed by atoms with Gasteiger partial charge in [-0.2, -0.15) is 4.72 Å². The highest BCUT2D eigenvalue weighted by Gasteiger charge is 2.39. The van der Waals surface area contributed by atoms with Crippen LogP contribution < -0.4 is 4.72 Å². The van der Waals surface area contributed by atoms with E-state index >= 15 is 0 Å². The Morgan fingerprint density at radius 1 is 1.29 bits per heavy atom. The number of hydrogen-bond donors (Lipinski definition) is 2. The summed E-state index contributed by atoms with van der Waals surface area (Å²) in [5.41, 5.74) is 0.287. The van der Waals surface area contributed by atoms with E-state index in [1.807, 2.05) is 0 Å². The fourth-order valence-corrected chi connectivity index (χ4v) is 6.39. The van der Waals surface area contributed by atoms with Crippen molar-refractivity contribution in [1.29, 1.82) is 0 Å². The molecule has 1 aromatic rings. The van der Waals surface area contributed by atoms with Crippen LogP contribution in [0, 0.1) is 0 Å². The molecule has 2 unspecified atom stereocenters. The highest BCUT2D eigenvalue weighted by Crippen LogP contribution is 2.21. The molecule has 2 rings (SSSR count). The SMILES string of the molecule is O=C(O)C(NS(=O)(=O)C1CCS(=O)(=O)C1)c1ccccc1. The molecular weight excluding hydrogens is 318 g/mol. The minimum Gasteiger partial charge on any atom is -0.480 e. The second kappa shape index (κ2) is 5.74. The lowest BCUT2D eigenvalue weighted by Gasteiger charge is -2.17. The molecule has 0 bridgehead atoms. The lowest BCUT2D eigenvalue weighted by atomic mass is 10.1. The molecular formula is C12H15NO6S2. The number of aliphatic carboxylic acids is 1. The van der Waals surface area contributed by atoms with Crippen molar-refractivity contribution in [2.75, 3.05) is 11.5 Å². The number of rotatable bonds is 5. The van der Waals surface area contributed by atoms with E-state index in [0.29, 0.717) is 0 Å². The number of benzene rings is 1. The summed E-state index contributed by atoms with van der Waals surface area (Å²) in [4.78, 5) is 11.3. The third kappa shape index (κ3) is 3.80. The predicted octanol–water partition coefficient (Wildman–Crippen LogP) is -0.0812. The summed E-state index contributed by atoms with van der Waals surface area (Å²) in [6, 6.07) is 6.43. The highest BCUT2D eigenvalue weighted by molar-refractivity contribution is 7.95. The summed E-state index contributed by atoms with van der Waals surface area (Å²) < 4.78 is 49.2. The molecule has 0 aromatic heterocycles. The van der Waals surface area contributed by atoms with E-state index in [1.165, 1.54) is 12.1 Å². The van der Waals surface area contributed by atoms with Gasteiger partial charge in [0.25, 0.3) is 0 Å². The number of carbonyl (C=O) groups is 1. The number of hydrogen-bond acceptors (Lipinski definition) is 5. The van der Waals surface area contributed by atoms with Crippen molar-refractivity contribution >= 4 is 25.8 Å². The molecule has 116 valence electrons. The van der Waals surface area contributed by atoms with Crippen LogP contribution in [0.2, 0.25) is 0 Å². The molecule has 0 amide bonds. The van der Waals surface area contributed by atoms with Crippen molar-refractivity contribution in [2.45, 2.75) is 17.7 Å². The molecule has 1 aliphatic heterocycles. The highest BCUT2D eigenvalue weighted by atomic mass is 32.2. The quantitative estimate of drug-likeness (QED) is 0.778. The van der Waals surface area contributed by atoms with Crippen LogP contribution in [0.15, 0.2) is 30.3 Å². The number of carboxylic acids is 1. The van der Waals surface area contributed by atoms with Gasteiger partial charge in [0.15, 0.2) is 9.84 Å². The fraction of sp³-hybridized carbons (Fsp3) is 0.417. The minimum absolute atomic E-state index is 0.0151. The summed E-state index contributed by atoms with van der Waals surface area (Å²) >= 11 is 0. The maximum Gasteiger partial charge on any atom is 0.326 e. The topological polar surface area (TPSA) is 118 Å². The number of nitrogens with one attached hydrogen (secondary N) is 1. The number of carboxylic acid groups (broad SMARTS) is 1. The van der Waals surface area contributed by atoms with Crippen LogP contribution >= 0.6 is 0 Å². The normalized spacial score (nSPS) is 22.8. The van der Waals surface area contributed by atoms with Crippen LogP contribution in [0.25, 0.3) is 0 Å². The van der Waals surface area contributed by atoms with E-state index in [0.717, 1.165) is 0 Å². The molecule has 21 heavy (non-hydrogen) atoms. The zero-order valence-corrected chi connectivity index (χ0v) is 12.6. The first kappa shape index (κ1) is 15.9. The summed E-state index contributed by atoms with van der Waals surface area (Å²) in [7, 11) is -7.40. The summed E-state index contributed by atoms with van der Waals surface area (Å²) in [5, 5.41) is 8.09. The molecule has 1 aliphatic rings. The molecule has 2 atom stereocenters. The maximum absolute atomic E-state index is 12.2. The fourth-order valence-electron chi connectivity index (χ4n) is 2.17. The van der Waals surface area contributed by atoms with Crippen molar-refractivity contribution in [3.63, 3.8) is 0 Å². The summed E-state index contributed by atoms with van der Waals surface area (Å²) in [6.45, 7) is 0. The molecule has 0 spiro atoms. The van der Waals surface area contributed by atoms with Gasteiger partial charge in [-0.25, -0.2) is 16.8 Å². The third-order valence-corrected chi connectivity index (χ3v) is 7.11. The van der Waals surface area contributed by atoms with Gasteiger partial charge < -0.3 is 5.11 Å². The van der Waals surface area contributed by atoms with E-state index in [-0.39, 0.29) is 17.7 Å². The third-order valence-electron chi connectivity index (χ3n) is 3.29. The Balaban J connectivity index is 2.23. The molecule has 1 saturated heterocycles. The van der Waals surface area contributed by atoms with Crippen LogP contribution in [-0.4, -0.2) is 44.7 Å². The van der Waals surface area contributed by atoms with Gasteiger partial charge in [-0.1, -0.05) is 30.3 Å². The number of sulfonamides is 1. The second-order valence-electron chi connectivity index (χ2n) is 4.87. The van der Waals surface area contributed by atoms with E-state index in [2.05, 4.69) is 4.72 Å². The van der Waals surface area contributed by atoms with Crippen molar-refractivity contribution < 1.29 is 26.7 Å². The zero-order chi connectivity index (χ0) is 15.7. The monoisotopic (exact) mass is 333 g/mol. The Morgan fingerprint density at radius 3 is 2.38 bits per heavy atom. The summed E-state index contributed by atoms with van der Waals surface area (Å²) in [6.07, 6.45) is -0.0151.